The molecule has 0 radical (unpaired) electrons. The lowest BCUT2D eigenvalue weighted by molar-refractivity contribution is -0.139. The molecule has 0 aromatic heterocycles. The maximum Gasteiger partial charge on any atom is 0.334 e. The van der Waals surface area contributed by atoms with Gasteiger partial charge >= 0.3 is 5.97 Å². The lowest BCUT2D eigenvalue weighted by Gasteiger charge is -2.22. The third-order valence-corrected chi connectivity index (χ3v) is 8.98. The molecule has 2 N–H and O–H groups in total. The fraction of sp³-hybridized carbons (Fsp3) is 0.914. The van der Waals surface area contributed by atoms with Crippen LogP contribution in [0.1, 0.15) is 174 Å². The summed E-state index contributed by atoms with van der Waals surface area (Å²) in [5, 5.41) is 21.2. The average molecular weight is 565 g/mol. The van der Waals surface area contributed by atoms with Gasteiger partial charge in [0.1, 0.15) is 6.10 Å². The molecule has 0 amide bonds. The third kappa shape index (κ3) is 15.9. The minimum absolute atomic E-state index is 0.0526. The molecule has 5 nitrogen and oxygen atoms in total. The lowest BCUT2D eigenvalue weighted by atomic mass is 10.00. The van der Waals surface area contributed by atoms with Crippen molar-refractivity contribution in [2.75, 3.05) is 0 Å². The van der Waals surface area contributed by atoms with Crippen molar-refractivity contribution in [3.05, 3.63) is 11.6 Å². The number of rotatable bonds is 26. The molecule has 5 atom stereocenters. The Morgan fingerprint density at radius 2 is 1.07 bits per heavy atom. The first-order valence-corrected chi connectivity index (χ1v) is 17.4. The number of carbonyl (C=O) groups is 1. The van der Waals surface area contributed by atoms with Crippen LogP contribution in [0, 0.1) is 0 Å². The number of hydrogen-bond donors (Lipinski definition) is 2. The zero-order valence-corrected chi connectivity index (χ0v) is 26.3. The van der Waals surface area contributed by atoms with Crippen LogP contribution in [0.5, 0.6) is 0 Å². The summed E-state index contributed by atoms with van der Waals surface area (Å²) in [4.78, 5) is 11.6. The van der Waals surface area contributed by atoms with Gasteiger partial charge in [0.2, 0.25) is 0 Å². The summed E-state index contributed by atoms with van der Waals surface area (Å²) >= 11 is 0. The van der Waals surface area contributed by atoms with Crippen LogP contribution >= 0.6 is 0 Å². The Balaban J connectivity index is 1.36. The van der Waals surface area contributed by atoms with Crippen LogP contribution in [-0.2, 0) is 14.3 Å². The number of carbonyl (C=O) groups excluding carboxylic acids is 1. The van der Waals surface area contributed by atoms with Gasteiger partial charge in [-0.05, 0) is 51.5 Å². The Morgan fingerprint density at radius 1 is 0.675 bits per heavy atom. The highest BCUT2D eigenvalue weighted by Crippen LogP contribution is 2.28. The second kappa shape index (κ2) is 22.7. The van der Waals surface area contributed by atoms with E-state index in [1.807, 2.05) is 13.0 Å². The molecular weight excluding hydrogens is 500 g/mol. The van der Waals surface area contributed by atoms with E-state index in [1.54, 1.807) is 0 Å². The molecule has 234 valence electrons. The summed E-state index contributed by atoms with van der Waals surface area (Å²) in [6, 6.07) is 0. The number of hydrogen-bond acceptors (Lipinski definition) is 5. The number of cyclic esters (lactones) is 1. The van der Waals surface area contributed by atoms with E-state index in [4.69, 9.17) is 9.47 Å². The summed E-state index contributed by atoms with van der Waals surface area (Å²) in [5.41, 5.74) is 0.859. The Bertz CT molecular complexity index is 662. The molecule has 2 aliphatic heterocycles. The van der Waals surface area contributed by atoms with Crippen molar-refractivity contribution >= 4 is 5.97 Å². The van der Waals surface area contributed by atoms with Gasteiger partial charge in [0.15, 0.2) is 0 Å². The minimum atomic E-state index is -0.400. The topological polar surface area (TPSA) is 76.0 Å². The number of ether oxygens (including phenoxy) is 2. The van der Waals surface area contributed by atoms with Crippen molar-refractivity contribution < 1.29 is 24.5 Å². The molecule has 5 heteroatoms. The molecule has 2 rings (SSSR count). The van der Waals surface area contributed by atoms with E-state index in [9.17, 15) is 15.0 Å². The fourth-order valence-corrected chi connectivity index (χ4v) is 6.37. The number of esters is 1. The lowest BCUT2D eigenvalue weighted by Crippen LogP contribution is -2.31. The van der Waals surface area contributed by atoms with Crippen molar-refractivity contribution in [3.8, 4) is 0 Å². The molecule has 2 heterocycles. The fourth-order valence-electron chi connectivity index (χ4n) is 6.37. The van der Waals surface area contributed by atoms with E-state index < -0.39 is 6.10 Å². The molecule has 1 fully saturated rings. The minimum Gasteiger partial charge on any atom is -0.455 e. The zero-order chi connectivity index (χ0) is 28.8. The van der Waals surface area contributed by atoms with Crippen molar-refractivity contribution in [1.82, 2.24) is 0 Å². The number of unbranched alkanes of at least 4 members (excludes halogenated alkanes) is 18. The van der Waals surface area contributed by atoms with Gasteiger partial charge in [0, 0.05) is 5.57 Å². The van der Waals surface area contributed by atoms with Gasteiger partial charge in [0.05, 0.1) is 24.4 Å². The number of aliphatic hydroxyl groups is 2. The number of aliphatic hydroxyl groups excluding tert-OH is 2. The summed E-state index contributed by atoms with van der Waals surface area (Å²) < 4.78 is 11.2. The van der Waals surface area contributed by atoms with Crippen LogP contribution < -0.4 is 0 Å². The van der Waals surface area contributed by atoms with Gasteiger partial charge < -0.3 is 19.7 Å². The summed E-state index contributed by atoms with van der Waals surface area (Å²) in [5.74, 6) is -0.126. The molecule has 40 heavy (non-hydrogen) atoms. The maximum atomic E-state index is 11.6. The highest BCUT2D eigenvalue weighted by molar-refractivity contribution is 5.90. The van der Waals surface area contributed by atoms with Crippen molar-refractivity contribution in [3.63, 3.8) is 0 Å². The Labute approximate surface area is 246 Å². The largest absolute Gasteiger partial charge is 0.455 e. The smallest absolute Gasteiger partial charge is 0.334 e. The van der Waals surface area contributed by atoms with Crippen molar-refractivity contribution in [2.24, 2.45) is 0 Å². The second-order valence-electron chi connectivity index (χ2n) is 12.8. The molecular formula is C35H64O5. The Morgan fingerprint density at radius 3 is 1.48 bits per heavy atom. The van der Waals surface area contributed by atoms with Gasteiger partial charge in [-0.1, -0.05) is 129 Å². The molecule has 0 bridgehead atoms. The highest BCUT2D eigenvalue weighted by atomic mass is 16.5. The van der Waals surface area contributed by atoms with Gasteiger partial charge in [-0.25, -0.2) is 4.79 Å². The van der Waals surface area contributed by atoms with Crippen LogP contribution in [0.4, 0.5) is 0 Å². The van der Waals surface area contributed by atoms with Gasteiger partial charge in [0.25, 0.3) is 0 Å². The van der Waals surface area contributed by atoms with Gasteiger partial charge in [-0.3, -0.25) is 0 Å². The predicted octanol–water partition coefficient (Wildman–Crippen LogP) is 9.12. The molecule has 0 spiro atoms. The standard InChI is InChI=1S/C35H64O5/c1-3-4-5-6-7-8-9-10-11-15-18-21-24-31(36)33-26-27-34(40-33)32(37)25-22-19-16-13-12-14-17-20-23-30-28-29(2)39-35(30)38/h28-29,31-34,36-37H,3-27H2,1-2H3/t29?,31-,32+,33-,34+/m1/s1. The van der Waals surface area contributed by atoms with Gasteiger partial charge in [-0.2, -0.15) is 0 Å². The zero-order valence-electron chi connectivity index (χ0n) is 26.3. The first-order valence-electron chi connectivity index (χ1n) is 17.4. The molecule has 1 saturated heterocycles. The molecule has 0 aliphatic carbocycles. The molecule has 1 unspecified atom stereocenters. The molecule has 2 aliphatic rings. The van der Waals surface area contributed by atoms with E-state index >= 15 is 0 Å². The van der Waals surface area contributed by atoms with E-state index in [0.29, 0.717) is 0 Å². The molecule has 0 aromatic rings. The third-order valence-electron chi connectivity index (χ3n) is 8.98. The van der Waals surface area contributed by atoms with E-state index in [-0.39, 0.29) is 30.4 Å². The monoisotopic (exact) mass is 564 g/mol. The quantitative estimate of drug-likeness (QED) is 0.0809. The van der Waals surface area contributed by atoms with E-state index in [2.05, 4.69) is 6.92 Å². The summed E-state index contributed by atoms with van der Waals surface area (Å²) in [6.45, 7) is 4.18. The van der Waals surface area contributed by atoms with Crippen LogP contribution in [0.2, 0.25) is 0 Å². The molecule has 0 aromatic carbocycles. The molecule has 0 saturated carbocycles. The highest BCUT2D eigenvalue weighted by Gasteiger charge is 2.34. The Hall–Kier alpha value is -0.910. The first kappa shape index (κ1) is 35.3. The second-order valence-corrected chi connectivity index (χ2v) is 12.8. The predicted molar refractivity (Wildman–Crippen MR) is 165 cm³/mol. The van der Waals surface area contributed by atoms with E-state index in [0.717, 1.165) is 63.4 Å². The van der Waals surface area contributed by atoms with Crippen LogP contribution in [0.25, 0.3) is 0 Å². The van der Waals surface area contributed by atoms with E-state index in [1.165, 1.54) is 103 Å². The van der Waals surface area contributed by atoms with Crippen molar-refractivity contribution in [2.45, 2.75) is 205 Å². The summed E-state index contributed by atoms with van der Waals surface area (Å²) in [6.07, 6.45) is 30.5. The summed E-state index contributed by atoms with van der Waals surface area (Å²) in [7, 11) is 0. The normalized spacial score (nSPS) is 22.4. The van der Waals surface area contributed by atoms with Crippen LogP contribution in [0.15, 0.2) is 11.6 Å². The first-order chi connectivity index (χ1) is 19.5. The maximum absolute atomic E-state index is 11.6. The van der Waals surface area contributed by atoms with Gasteiger partial charge in [-0.15, -0.1) is 0 Å². The SMILES string of the molecule is CCCCCCCCCCCCCC[C@@H](O)[C@H]1CC[C@@H]([C@@H](O)CCCCCCCCCCC2=CC(C)OC2=O)O1. The average Bonchev–Trinajstić information content (AvgIpc) is 3.56. The van der Waals surface area contributed by atoms with Crippen LogP contribution in [-0.4, -0.2) is 46.7 Å². The Kier molecular flexibility index (Phi) is 20.0. The van der Waals surface area contributed by atoms with Crippen LogP contribution in [0.3, 0.4) is 0 Å². The van der Waals surface area contributed by atoms with Crippen molar-refractivity contribution in [1.29, 1.82) is 0 Å².